The topological polar surface area (TPSA) is 68.3 Å². The van der Waals surface area contributed by atoms with E-state index in [4.69, 9.17) is 4.74 Å². The van der Waals surface area contributed by atoms with Gasteiger partial charge in [0.15, 0.2) is 18.0 Å². The number of aryl methyl sites for hydroxylation is 1. The van der Waals surface area contributed by atoms with Crippen molar-refractivity contribution in [1.82, 2.24) is 4.98 Å². The molecule has 0 radical (unpaired) electrons. The quantitative estimate of drug-likeness (QED) is 0.645. The molecule has 0 saturated heterocycles. The molecule has 3 rings (SSSR count). The van der Waals surface area contributed by atoms with Crippen LogP contribution in [0.4, 0.5) is 5.13 Å². The number of benzene rings is 2. The molecule has 0 atom stereocenters. The first kappa shape index (κ1) is 17.8. The molecule has 3 aromatic rings. The molecule has 1 N–H and O–H groups in total. The highest BCUT2D eigenvalue weighted by atomic mass is 32.1. The Balaban J connectivity index is 1.54. The van der Waals surface area contributed by atoms with Gasteiger partial charge in [0.2, 0.25) is 0 Å². The first-order valence-corrected chi connectivity index (χ1v) is 8.93. The second-order valence-corrected chi connectivity index (χ2v) is 6.90. The van der Waals surface area contributed by atoms with E-state index in [-0.39, 0.29) is 12.5 Å². The predicted octanol–water partition coefficient (Wildman–Crippen LogP) is 3.87. The van der Waals surface area contributed by atoms with E-state index in [9.17, 15) is 9.59 Å². The molecule has 1 heterocycles. The van der Waals surface area contributed by atoms with Crippen LogP contribution in [0.3, 0.4) is 0 Å². The maximum Gasteiger partial charge on any atom is 0.264 e. The lowest BCUT2D eigenvalue weighted by Gasteiger charge is -2.07. The van der Waals surface area contributed by atoms with Crippen LogP contribution >= 0.6 is 11.3 Å². The smallest absolute Gasteiger partial charge is 0.264 e. The fourth-order valence-electron chi connectivity index (χ4n) is 2.36. The van der Waals surface area contributed by atoms with Gasteiger partial charge in [-0.05, 0) is 24.6 Å². The maximum atomic E-state index is 12.0. The number of thiazole rings is 1. The molecular formula is C20H18N2O3S. The monoisotopic (exact) mass is 366 g/mol. The zero-order valence-electron chi connectivity index (χ0n) is 14.3. The summed E-state index contributed by atoms with van der Waals surface area (Å²) in [6.07, 6.45) is 3.24. The molecule has 0 fully saturated rings. The first-order valence-electron chi connectivity index (χ1n) is 8.11. The van der Waals surface area contributed by atoms with E-state index >= 15 is 0 Å². The number of carbonyl (C=O) groups excluding carboxylic acids is 2. The molecule has 0 aliphatic rings. The normalized spacial score (nSPS) is 10.3. The van der Waals surface area contributed by atoms with Crippen molar-refractivity contribution >= 4 is 28.7 Å². The molecule has 6 heteroatoms. The molecule has 26 heavy (non-hydrogen) atoms. The highest BCUT2D eigenvalue weighted by molar-refractivity contribution is 7.15. The number of aromatic nitrogens is 1. The molecule has 1 amide bonds. The second kappa shape index (κ2) is 8.40. The third-order valence-corrected chi connectivity index (χ3v) is 4.62. The zero-order valence-corrected chi connectivity index (χ0v) is 15.1. The van der Waals surface area contributed by atoms with Gasteiger partial charge in [0, 0.05) is 17.5 Å². The Hall–Kier alpha value is -2.99. The van der Waals surface area contributed by atoms with E-state index in [0.29, 0.717) is 22.7 Å². The molecule has 0 bridgehead atoms. The van der Waals surface area contributed by atoms with Crippen LogP contribution in [0, 0.1) is 6.92 Å². The van der Waals surface area contributed by atoms with Crippen LogP contribution in [0.25, 0.3) is 0 Å². The summed E-state index contributed by atoms with van der Waals surface area (Å²) in [6, 6.07) is 15.1. The Labute approximate surface area is 155 Å². The van der Waals surface area contributed by atoms with Gasteiger partial charge >= 0.3 is 0 Å². The lowest BCUT2D eigenvalue weighted by atomic mass is 10.1. The Bertz CT molecular complexity index is 903. The van der Waals surface area contributed by atoms with Gasteiger partial charge < -0.3 is 4.74 Å². The van der Waals surface area contributed by atoms with Crippen molar-refractivity contribution in [2.45, 2.75) is 13.3 Å². The fraction of sp³-hybridized carbons (Fsp3) is 0.150. The molecular weight excluding hydrogens is 348 g/mol. The van der Waals surface area contributed by atoms with Crippen LogP contribution in [-0.4, -0.2) is 23.8 Å². The van der Waals surface area contributed by atoms with Gasteiger partial charge in [-0.1, -0.05) is 42.0 Å². The molecule has 132 valence electrons. The van der Waals surface area contributed by atoms with Crippen molar-refractivity contribution in [3.05, 3.63) is 76.3 Å². The van der Waals surface area contributed by atoms with Crippen LogP contribution in [0.15, 0.2) is 54.7 Å². The van der Waals surface area contributed by atoms with Gasteiger partial charge in [0.25, 0.3) is 5.91 Å². The zero-order chi connectivity index (χ0) is 18.4. The molecule has 0 saturated carbocycles. The third-order valence-electron chi connectivity index (χ3n) is 3.70. The first-order chi connectivity index (χ1) is 12.6. The summed E-state index contributed by atoms with van der Waals surface area (Å²) in [7, 11) is 0. The van der Waals surface area contributed by atoms with Crippen LogP contribution in [0.2, 0.25) is 0 Å². The number of para-hydroxylation sites is 1. The fourth-order valence-corrected chi connectivity index (χ4v) is 3.22. The molecule has 5 nitrogen and oxygen atoms in total. The average Bonchev–Trinajstić information content (AvgIpc) is 3.09. The summed E-state index contributed by atoms with van der Waals surface area (Å²) in [5.41, 5.74) is 2.84. The number of aldehydes is 1. The lowest BCUT2D eigenvalue weighted by molar-refractivity contribution is -0.118. The van der Waals surface area contributed by atoms with Gasteiger partial charge in [0.05, 0.1) is 5.56 Å². The number of carbonyl (C=O) groups is 2. The lowest BCUT2D eigenvalue weighted by Crippen LogP contribution is -2.20. The Morgan fingerprint density at radius 1 is 1.19 bits per heavy atom. The Morgan fingerprint density at radius 3 is 2.73 bits per heavy atom. The van der Waals surface area contributed by atoms with Crippen molar-refractivity contribution in [3.8, 4) is 5.75 Å². The largest absolute Gasteiger partial charge is 0.483 e. The van der Waals surface area contributed by atoms with Gasteiger partial charge in [0.1, 0.15) is 5.75 Å². The molecule has 0 unspecified atom stereocenters. The minimum absolute atomic E-state index is 0.183. The third kappa shape index (κ3) is 4.77. The number of amides is 1. The van der Waals surface area contributed by atoms with Crippen molar-refractivity contribution < 1.29 is 14.3 Å². The number of nitrogens with zero attached hydrogens (tertiary/aromatic N) is 1. The van der Waals surface area contributed by atoms with Gasteiger partial charge in [-0.3, -0.25) is 14.9 Å². The van der Waals surface area contributed by atoms with E-state index in [1.807, 2.05) is 0 Å². The Morgan fingerprint density at radius 2 is 1.96 bits per heavy atom. The summed E-state index contributed by atoms with van der Waals surface area (Å²) in [5, 5.41) is 3.25. The standard InChI is InChI=1S/C20H18N2O3S/c1-14-6-8-15(9-7-14)10-17-11-21-20(26-17)22-19(24)13-25-18-5-3-2-4-16(18)12-23/h2-9,11-12H,10,13H2,1H3,(H,21,22,24). The van der Waals surface area contributed by atoms with Crippen molar-refractivity contribution in [2.24, 2.45) is 0 Å². The summed E-state index contributed by atoms with van der Waals surface area (Å²) in [5.74, 6) is 0.0683. The number of ether oxygens (including phenoxy) is 1. The number of hydrogen-bond donors (Lipinski definition) is 1. The number of anilines is 1. The summed E-state index contributed by atoms with van der Waals surface area (Å²) >= 11 is 1.43. The van der Waals surface area contributed by atoms with E-state index < -0.39 is 0 Å². The van der Waals surface area contributed by atoms with Gasteiger partial charge in [-0.2, -0.15) is 0 Å². The summed E-state index contributed by atoms with van der Waals surface area (Å²) < 4.78 is 5.41. The molecule has 0 aliphatic heterocycles. The highest BCUT2D eigenvalue weighted by Crippen LogP contribution is 2.21. The van der Waals surface area contributed by atoms with Crippen molar-refractivity contribution in [1.29, 1.82) is 0 Å². The van der Waals surface area contributed by atoms with Crippen LogP contribution < -0.4 is 10.1 Å². The minimum atomic E-state index is -0.318. The van der Waals surface area contributed by atoms with Crippen LogP contribution in [0.5, 0.6) is 5.75 Å². The van der Waals surface area contributed by atoms with Crippen molar-refractivity contribution in [3.63, 3.8) is 0 Å². The average molecular weight is 366 g/mol. The molecule has 2 aromatic carbocycles. The highest BCUT2D eigenvalue weighted by Gasteiger charge is 2.09. The SMILES string of the molecule is Cc1ccc(Cc2cnc(NC(=O)COc3ccccc3C=O)s2)cc1. The van der Waals surface area contributed by atoms with Gasteiger partial charge in [-0.25, -0.2) is 4.98 Å². The van der Waals surface area contributed by atoms with Gasteiger partial charge in [-0.15, -0.1) is 11.3 Å². The summed E-state index contributed by atoms with van der Waals surface area (Å²) in [4.78, 5) is 28.3. The van der Waals surface area contributed by atoms with E-state index in [0.717, 1.165) is 11.3 Å². The van der Waals surface area contributed by atoms with E-state index in [1.54, 1.807) is 30.5 Å². The predicted molar refractivity (Wildman–Crippen MR) is 102 cm³/mol. The number of nitrogens with one attached hydrogen (secondary N) is 1. The van der Waals surface area contributed by atoms with Crippen molar-refractivity contribution in [2.75, 3.05) is 11.9 Å². The molecule has 1 aromatic heterocycles. The number of hydrogen-bond acceptors (Lipinski definition) is 5. The number of rotatable bonds is 7. The van der Waals surface area contributed by atoms with E-state index in [1.165, 1.54) is 22.5 Å². The summed E-state index contributed by atoms with van der Waals surface area (Å²) in [6.45, 7) is 1.87. The van der Waals surface area contributed by atoms with Crippen LogP contribution in [-0.2, 0) is 11.2 Å². The molecule has 0 spiro atoms. The molecule has 0 aliphatic carbocycles. The van der Waals surface area contributed by atoms with E-state index in [2.05, 4.69) is 41.5 Å². The van der Waals surface area contributed by atoms with Crippen LogP contribution in [0.1, 0.15) is 26.4 Å². The minimum Gasteiger partial charge on any atom is -0.483 e. The Kier molecular flexibility index (Phi) is 5.76. The second-order valence-electron chi connectivity index (χ2n) is 5.79. The maximum absolute atomic E-state index is 12.0.